The summed E-state index contributed by atoms with van der Waals surface area (Å²) in [6.07, 6.45) is 6.40. The third kappa shape index (κ3) is 4.77. The molecule has 0 spiro atoms. The summed E-state index contributed by atoms with van der Waals surface area (Å²) in [5, 5.41) is 0. The number of benzene rings is 1. The Morgan fingerprint density at radius 3 is 2.74 bits per heavy atom. The van der Waals surface area contributed by atoms with Crippen LogP contribution in [0.4, 0.5) is 11.8 Å². The molecule has 0 N–H and O–H groups in total. The Morgan fingerprint density at radius 2 is 1.90 bits per heavy atom. The van der Waals surface area contributed by atoms with E-state index in [4.69, 9.17) is 14.5 Å². The minimum absolute atomic E-state index is 0.529. The molecule has 1 aromatic carbocycles. The zero-order valence-electron chi connectivity index (χ0n) is 18.5. The molecule has 0 amide bonds. The average Bonchev–Trinajstić information content (AvgIpc) is 3.31. The highest BCUT2D eigenvalue weighted by Crippen LogP contribution is 2.27. The number of ether oxygens (including phenoxy) is 2. The molecular weight excluding hydrogens is 390 g/mol. The van der Waals surface area contributed by atoms with Crippen LogP contribution >= 0.6 is 0 Å². The fraction of sp³-hybridized carbons (Fsp3) is 0.583. The molecule has 5 rings (SSSR count). The van der Waals surface area contributed by atoms with E-state index in [0.29, 0.717) is 6.04 Å². The zero-order chi connectivity index (χ0) is 21.0. The van der Waals surface area contributed by atoms with E-state index in [9.17, 15) is 0 Å². The predicted octanol–water partition coefficient (Wildman–Crippen LogP) is 2.39. The van der Waals surface area contributed by atoms with Gasteiger partial charge in [-0.2, -0.15) is 4.98 Å². The Balaban J connectivity index is 1.12. The summed E-state index contributed by atoms with van der Waals surface area (Å²) in [6, 6.07) is 9.27. The highest BCUT2D eigenvalue weighted by molar-refractivity contribution is 5.44. The van der Waals surface area contributed by atoms with Crippen LogP contribution in [0.15, 0.2) is 30.5 Å². The van der Waals surface area contributed by atoms with Gasteiger partial charge in [0.25, 0.3) is 0 Å². The first-order valence-electron chi connectivity index (χ1n) is 11.6. The minimum atomic E-state index is 0.529. The Morgan fingerprint density at radius 1 is 1.06 bits per heavy atom. The summed E-state index contributed by atoms with van der Waals surface area (Å²) < 4.78 is 11.1. The molecule has 7 nitrogen and oxygen atoms in total. The first kappa shape index (κ1) is 20.5. The van der Waals surface area contributed by atoms with Crippen molar-refractivity contribution in [1.82, 2.24) is 14.9 Å². The molecular formula is C24H33N5O2. The first-order chi connectivity index (χ1) is 15.3. The van der Waals surface area contributed by atoms with Gasteiger partial charge < -0.3 is 24.2 Å². The van der Waals surface area contributed by atoms with Crippen molar-refractivity contribution in [2.75, 3.05) is 69.4 Å². The van der Waals surface area contributed by atoms with Crippen LogP contribution in [0.1, 0.15) is 24.0 Å². The molecule has 0 atom stereocenters. The highest BCUT2D eigenvalue weighted by Gasteiger charge is 2.24. The van der Waals surface area contributed by atoms with E-state index in [1.807, 2.05) is 12.3 Å². The maximum atomic E-state index is 5.63. The number of nitrogens with zero attached hydrogens (tertiary/aromatic N) is 5. The van der Waals surface area contributed by atoms with Crippen LogP contribution in [0.5, 0.6) is 5.75 Å². The summed E-state index contributed by atoms with van der Waals surface area (Å²) in [4.78, 5) is 16.5. The van der Waals surface area contributed by atoms with Crippen molar-refractivity contribution in [3.63, 3.8) is 0 Å². The van der Waals surface area contributed by atoms with Crippen molar-refractivity contribution < 1.29 is 9.47 Å². The van der Waals surface area contributed by atoms with Gasteiger partial charge in [-0.1, -0.05) is 12.1 Å². The Bertz CT molecular complexity index is 878. The monoisotopic (exact) mass is 423 g/mol. The number of piperidine rings is 1. The molecule has 2 aromatic rings. The van der Waals surface area contributed by atoms with Crippen molar-refractivity contribution in [1.29, 1.82) is 0 Å². The molecule has 1 aromatic heterocycles. The van der Waals surface area contributed by atoms with Crippen molar-refractivity contribution in [2.45, 2.75) is 31.7 Å². The molecule has 4 heterocycles. The molecule has 0 radical (unpaired) electrons. The number of hydrogen-bond acceptors (Lipinski definition) is 7. The predicted molar refractivity (Wildman–Crippen MR) is 122 cm³/mol. The van der Waals surface area contributed by atoms with Gasteiger partial charge in [-0.05, 0) is 42.5 Å². The molecule has 7 heteroatoms. The topological polar surface area (TPSA) is 54.0 Å². The summed E-state index contributed by atoms with van der Waals surface area (Å²) in [5.41, 5.74) is 2.80. The normalized spacial score (nSPS) is 19.8. The molecule has 3 aliphatic rings. The van der Waals surface area contributed by atoms with Crippen molar-refractivity contribution in [2.24, 2.45) is 0 Å². The number of likely N-dealkylation sites (tertiary alicyclic amines) is 1. The minimum Gasteiger partial charge on any atom is -0.493 e. The third-order valence-electron chi connectivity index (χ3n) is 6.86. The maximum Gasteiger partial charge on any atom is 0.227 e. The molecule has 2 saturated heterocycles. The van der Waals surface area contributed by atoms with Crippen LogP contribution in [-0.4, -0.2) is 80.5 Å². The Hall–Kier alpha value is -2.38. The molecule has 0 bridgehead atoms. The number of hydrogen-bond donors (Lipinski definition) is 0. The van der Waals surface area contributed by atoms with Gasteiger partial charge >= 0.3 is 0 Å². The van der Waals surface area contributed by atoms with Gasteiger partial charge in [0.2, 0.25) is 5.95 Å². The summed E-state index contributed by atoms with van der Waals surface area (Å²) in [6.45, 7) is 7.48. The molecule has 0 aliphatic carbocycles. The number of aromatic nitrogens is 2. The second-order valence-electron chi connectivity index (χ2n) is 8.79. The van der Waals surface area contributed by atoms with E-state index in [0.717, 1.165) is 82.9 Å². The number of anilines is 2. The van der Waals surface area contributed by atoms with Gasteiger partial charge in [0, 0.05) is 58.4 Å². The van der Waals surface area contributed by atoms with Gasteiger partial charge in [0.1, 0.15) is 11.6 Å². The van der Waals surface area contributed by atoms with E-state index >= 15 is 0 Å². The fourth-order valence-corrected chi connectivity index (χ4v) is 4.85. The lowest BCUT2D eigenvalue weighted by molar-refractivity contribution is 0.122. The Labute approximate surface area is 185 Å². The lowest BCUT2D eigenvalue weighted by atomic mass is 10.0. The van der Waals surface area contributed by atoms with E-state index in [1.165, 1.54) is 24.0 Å². The van der Waals surface area contributed by atoms with Crippen molar-refractivity contribution in [3.05, 3.63) is 41.6 Å². The molecule has 166 valence electrons. The molecule has 3 aliphatic heterocycles. The average molecular weight is 424 g/mol. The maximum absolute atomic E-state index is 5.63. The van der Waals surface area contributed by atoms with Crippen LogP contribution in [-0.2, 0) is 17.6 Å². The zero-order valence-corrected chi connectivity index (χ0v) is 18.5. The van der Waals surface area contributed by atoms with E-state index in [2.05, 4.69) is 44.9 Å². The number of fused-ring (bicyclic) bond motifs is 1. The standard InChI is InChI=1S/C24H33N5O2/c1-27(23-4-9-25-24(26-23)29-13-16-30-17-14-29)21-6-11-28(12-7-21)10-5-19-2-3-22-20(18-19)8-15-31-22/h2-4,9,18,21H,5-8,10-17H2,1H3. The summed E-state index contributed by atoms with van der Waals surface area (Å²) in [5.74, 6) is 2.93. The third-order valence-corrected chi connectivity index (χ3v) is 6.86. The van der Waals surface area contributed by atoms with Crippen LogP contribution < -0.4 is 14.5 Å². The Kier molecular flexibility index (Phi) is 6.22. The molecule has 0 unspecified atom stereocenters. The molecule has 2 fully saturated rings. The van der Waals surface area contributed by atoms with E-state index in [-0.39, 0.29) is 0 Å². The van der Waals surface area contributed by atoms with Gasteiger partial charge in [-0.25, -0.2) is 4.98 Å². The quantitative estimate of drug-likeness (QED) is 0.707. The van der Waals surface area contributed by atoms with Gasteiger partial charge in [0.15, 0.2) is 0 Å². The second-order valence-corrected chi connectivity index (χ2v) is 8.79. The van der Waals surface area contributed by atoms with Gasteiger partial charge in [-0.3, -0.25) is 0 Å². The summed E-state index contributed by atoms with van der Waals surface area (Å²) >= 11 is 0. The molecule has 31 heavy (non-hydrogen) atoms. The first-order valence-corrected chi connectivity index (χ1v) is 11.6. The molecule has 0 saturated carbocycles. The van der Waals surface area contributed by atoms with Crippen LogP contribution in [0.3, 0.4) is 0 Å². The van der Waals surface area contributed by atoms with Gasteiger partial charge in [0.05, 0.1) is 19.8 Å². The van der Waals surface area contributed by atoms with Crippen LogP contribution in [0.2, 0.25) is 0 Å². The van der Waals surface area contributed by atoms with Crippen molar-refractivity contribution in [3.8, 4) is 5.75 Å². The van der Waals surface area contributed by atoms with E-state index in [1.54, 1.807) is 0 Å². The largest absolute Gasteiger partial charge is 0.493 e. The van der Waals surface area contributed by atoms with Crippen LogP contribution in [0.25, 0.3) is 0 Å². The highest BCUT2D eigenvalue weighted by atomic mass is 16.5. The lowest BCUT2D eigenvalue weighted by Gasteiger charge is -2.37. The second kappa shape index (κ2) is 9.40. The van der Waals surface area contributed by atoms with Crippen LogP contribution in [0, 0.1) is 0 Å². The number of rotatable bonds is 6. The number of morpholine rings is 1. The van der Waals surface area contributed by atoms with E-state index < -0.39 is 0 Å². The van der Waals surface area contributed by atoms with Crippen molar-refractivity contribution >= 4 is 11.8 Å². The summed E-state index contributed by atoms with van der Waals surface area (Å²) in [7, 11) is 2.18. The van der Waals surface area contributed by atoms with Gasteiger partial charge in [-0.15, -0.1) is 0 Å². The SMILES string of the molecule is CN(c1ccnc(N2CCOCC2)n1)C1CCN(CCc2ccc3c(c2)CCO3)CC1. The lowest BCUT2D eigenvalue weighted by Crippen LogP contribution is -2.44. The fourth-order valence-electron chi connectivity index (χ4n) is 4.85. The smallest absolute Gasteiger partial charge is 0.227 e.